The third-order valence-electron chi connectivity index (χ3n) is 5.65. The van der Waals surface area contributed by atoms with Crippen LogP contribution in [0.25, 0.3) is 0 Å². The quantitative estimate of drug-likeness (QED) is 0.803. The van der Waals surface area contributed by atoms with E-state index >= 15 is 0 Å². The second-order valence-electron chi connectivity index (χ2n) is 7.62. The zero-order chi connectivity index (χ0) is 19.6. The molecule has 1 aromatic rings. The lowest BCUT2D eigenvalue weighted by atomic mass is 10.0. The van der Waals surface area contributed by atoms with Gasteiger partial charge < -0.3 is 20.6 Å². The van der Waals surface area contributed by atoms with E-state index in [-0.39, 0.29) is 23.7 Å². The van der Waals surface area contributed by atoms with Gasteiger partial charge in [-0.2, -0.15) is 0 Å². The fourth-order valence-corrected chi connectivity index (χ4v) is 4.15. The lowest BCUT2D eigenvalue weighted by molar-refractivity contribution is -0.146. The van der Waals surface area contributed by atoms with E-state index in [1.54, 1.807) is 6.07 Å². The Morgan fingerprint density at radius 2 is 1.96 bits per heavy atom. The first-order chi connectivity index (χ1) is 12.9. The number of nitrogens with zero attached hydrogens (tertiary/aromatic N) is 2. The van der Waals surface area contributed by atoms with Gasteiger partial charge in [0.15, 0.2) is 0 Å². The Morgan fingerprint density at radius 1 is 1.26 bits per heavy atom. The van der Waals surface area contributed by atoms with Crippen molar-refractivity contribution >= 4 is 11.8 Å². The van der Waals surface area contributed by atoms with E-state index in [0.29, 0.717) is 25.9 Å². The maximum Gasteiger partial charge on any atom is 0.245 e. The fourth-order valence-electron chi connectivity index (χ4n) is 4.15. The molecule has 2 saturated heterocycles. The molecule has 0 bridgehead atoms. The number of aliphatic hydroxyl groups is 1. The van der Waals surface area contributed by atoms with Gasteiger partial charge in [0.1, 0.15) is 17.9 Å². The van der Waals surface area contributed by atoms with Gasteiger partial charge in [-0.25, -0.2) is 4.39 Å². The second kappa shape index (κ2) is 8.35. The summed E-state index contributed by atoms with van der Waals surface area (Å²) in [5.41, 5.74) is 6.67. The van der Waals surface area contributed by atoms with Gasteiger partial charge in [-0.15, -0.1) is 0 Å². The van der Waals surface area contributed by atoms with Crippen LogP contribution < -0.4 is 5.73 Å². The standard InChI is InChI=1S/C20H28FN3O3/c1-13(25)18(22)20(27)24-10-4-8-17(24)19(26)23-9-3-7-16(23)12-14-5-2-6-15(21)11-14/h2,5-6,11,13,16-18,25H,3-4,7-10,12,22H2,1H3. The molecule has 0 radical (unpaired) electrons. The van der Waals surface area contributed by atoms with Crippen LogP contribution in [0.2, 0.25) is 0 Å². The number of rotatable bonds is 5. The smallest absolute Gasteiger partial charge is 0.245 e. The lowest BCUT2D eigenvalue weighted by Crippen LogP contribution is -2.55. The van der Waals surface area contributed by atoms with Gasteiger partial charge in [-0.05, 0) is 56.7 Å². The van der Waals surface area contributed by atoms with Crippen molar-refractivity contribution in [2.75, 3.05) is 13.1 Å². The molecule has 0 saturated carbocycles. The maximum atomic E-state index is 13.5. The number of hydrogen-bond acceptors (Lipinski definition) is 4. The first kappa shape index (κ1) is 19.8. The number of likely N-dealkylation sites (tertiary alicyclic amines) is 2. The van der Waals surface area contributed by atoms with Crippen molar-refractivity contribution < 1.29 is 19.1 Å². The van der Waals surface area contributed by atoms with Crippen molar-refractivity contribution in [1.29, 1.82) is 0 Å². The molecule has 3 rings (SSSR count). The molecule has 4 atom stereocenters. The number of hydrogen-bond donors (Lipinski definition) is 2. The Kier molecular flexibility index (Phi) is 6.11. The summed E-state index contributed by atoms with van der Waals surface area (Å²) in [5.74, 6) is -0.706. The molecule has 7 heteroatoms. The second-order valence-corrected chi connectivity index (χ2v) is 7.62. The summed E-state index contributed by atoms with van der Waals surface area (Å²) in [6, 6.07) is 4.96. The largest absolute Gasteiger partial charge is 0.391 e. The number of nitrogens with two attached hydrogens (primary N) is 1. The minimum Gasteiger partial charge on any atom is -0.391 e. The van der Waals surface area contributed by atoms with Crippen LogP contribution in [0.1, 0.15) is 38.2 Å². The molecule has 0 aliphatic carbocycles. The van der Waals surface area contributed by atoms with E-state index in [9.17, 15) is 19.1 Å². The van der Waals surface area contributed by atoms with E-state index in [1.165, 1.54) is 24.0 Å². The Hall–Kier alpha value is -1.99. The summed E-state index contributed by atoms with van der Waals surface area (Å²) in [4.78, 5) is 29.1. The zero-order valence-corrected chi connectivity index (χ0v) is 15.7. The lowest BCUT2D eigenvalue weighted by Gasteiger charge is -2.33. The number of benzene rings is 1. The summed E-state index contributed by atoms with van der Waals surface area (Å²) in [6.45, 7) is 2.61. The third kappa shape index (κ3) is 4.30. The Bertz CT molecular complexity index is 697. The molecule has 4 unspecified atom stereocenters. The number of carbonyl (C=O) groups is 2. The fraction of sp³-hybridized carbons (Fsp3) is 0.600. The monoisotopic (exact) mass is 377 g/mol. The SMILES string of the molecule is CC(O)C(N)C(=O)N1CCCC1C(=O)N1CCCC1Cc1cccc(F)c1. The van der Waals surface area contributed by atoms with Crippen molar-refractivity contribution in [3.8, 4) is 0 Å². The summed E-state index contributed by atoms with van der Waals surface area (Å²) < 4.78 is 13.5. The van der Waals surface area contributed by atoms with Gasteiger partial charge in [-0.1, -0.05) is 12.1 Å². The zero-order valence-electron chi connectivity index (χ0n) is 15.7. The van der Waals surface area contributed by atoms with E-state index in [1.807, 2.05) is 11.0 Å². The first-order valence-electron chi connectivity index (χ1n) is 9.67. The van der Waals surface area contributed by atoms with Gasteiger partial charge in [0.25, 0.3) is 0 Å². The highest BCUT2D eigenvalue weighted by atomic mass is 19.1. The summed E-state index contributed by atoms with van der Waals surface area (Å²) in [7, 11) is 0. The van der Waals surface area contributed by atoms with Gasteiger partial charge in [-0.3, -0.25) is 9.59 Å². The van der Waals surface area contributed by atoms with Crippen LogP contribution in [0.4, 0.5) is 4.39 Å². The Labute approximate surface area is 159 Å². The van der Waals surface area contributed by atoms with Crippen molar-refractivity contribution in [2.45, 2.75) is 63.3 Å². The van der Waals surface area contributed by atoms with Crippen LogP contribution >= 0.6 is 0 Å². The molecule has 0 spiro atoms. The molecule has 2 amide bonds. The van der Waals surface area contributed by atoms with Gasteiger partial charge >= 0.3 is 0 Å². The highest BCUT2D eigenvalue weighted by molar-refractivity contribution is 5.90. The molecule has 0 aromatic heterocycles. The summed E-state index contributed by atoms with van der Waals surface area (Å²) >= 11 is 0. The molecule has 3 N–H and O–H groups in total. The minimum atomic E-state index is -1.01. The molecule has 2 fully saturated rings. The number of carbonyl (C=O) groups excluding carboxylic acids is 2. The average Bonchev–Trinajstić information content (AvgIpc) is 3.29. The molecule has 1 aromatic carbocycles. The molecule has 148 valence electrons. The molecule has 2 aliphatic heterocycles. The van der Waals surface area contributed by atoms with Gasteiger partial charge in [0.05, 0.1) is 6.10 Å². The predicted octanol–water partition coefficient (Wildman–Crippen LogP) is 1.06. The minimum absolute atomic E-state index is 0.0160. The highest BCUT2D eigenvalue weighted by Gasteiger charge is 2.41. The van der Waals surface area contributed by atoms with Crippen LogP contribution in [0.3, 0.4) is 0 Å². The van der Waals surface area contributed by atoms with E-state index < -0.39 is 18.2 Å². The Morgan fingerprint density at radius 3 is 2.67 bits per heavy atom. The van der Waals surface area contributed by atoms with Crippen molar-refractivity contribution in [2.24, 2.45) is 5.73 Å². The summed E-state index contributed by atoms with van der Waals surface area (Å²) in [5, 5.41) is 9.62. The number of halogens is 1. The molecule has 27 heavy (non-hydrogen) atoms. The predicted molar refractivity (Wildman–Crippen MR) is 99.2 cm³/mol. The third-order valence-corrected chi connectivity index (χ3v) is 5.65. The van der Waals surface area contributed by atoms with Gasteiger partial charge in [0, 0.05) is 19.1 Å². The molecule has 6 nitrogen and oxygen atoms in total. The van der Waals surface area contributed by atoms with Crippen molar-refractivity contribution in [3.63, 3.8) is 0 Å². The molecule has 2 aliphatic rings. The van der Waals surface area contributed by atoms with Crippen LogP contribution in [0.5, 0.6) is 0 Å². The van der Waals surface area contributed by atoms with Gasteiger partial charge in [0.2, 0.25) is 11.8 Å². The van der Waals surface area contributed by atoms with Crippen LogP contribution in [0.15, 0.2) is 24.3 Å². The molecular weight excluding hydrogens is 349 g/mol. The van der Waals surface area contributed by atoms with Crippen LogP contribution in [0, 0.1) is 5.82 Å². The van der Waals surface area contributed by atoms with E-state index in [4.69, 9.17) is 5.73 Å². The topological polar surface area (TPSA) is 86.9 Å². The van der Waals surface area contributed by atoms with Crippen LogP contribution in [-0.2, 0) is 16.0 Å². The van der Waals surface area contributed by atoms with E-state index in [2.05, 4.69) is 0 Å². The molecular formula is C20H28FN3O3. The molecule has 2 heterocycles. The maximum absolute atomic E-state index is 13.5. The number of aliphatic hydroxyl groups excluding tert-OH is 1. The normalized spacial score (nSPS) is 24.9. The van der Waals surface area contributed by atoms with Crippen molar-refractivity contribution in [3.05, 3.63) is 35.6 Å². The Balaban J connectivity index is 1.70. The average molecular weight is 377 g/mol. The first-order valence-corrected chi connectivity index (χ1v) is 9.67. The summed E-state index contributed by atoms with van der Waals surface area (Å²) in [6.07, 6.45) is 2.78. The van der Waals surface area contributed by atoms with Crippen LogP contribution in [-0.4, -0.2) is 64.0 Å². The van der Waals surface area contributed by atoms with E-state index in [0.717, 1.165) is 24.8 Å². The van der Waals surface area contributed by atoms with Crippen molar-refractivity contribution in [1.82, 2.24) is 9.80 Å². The highest BCUT2D eigenvalue weighted by Crippen LogP contribution is 2.27. The number of amides is 2.